The molecule has 2 aliphatic carbocycles. The number of fused-ring (bicyclic) bond motifs is 2. The van der Waals surface area contributed by atoms with E-state index in [9.17, 15) is 34.5 Å². The van der Waals surface area contributed by atoms with Gasteiger partial charge in [0, 0.05) is 72.0 Å². The topological polar surface area (TPSA) is 251 Å². The predicted molar refractivity (Wildman–Crippen MR) is 406 cm³/mol. The molecule has 5 aromatic rings. The Kier molecular flexibility index (Phi) is 33.8. The first-order chi connectivity index (χ1) is 49.0. The van der Waals surface area contributed by atoms with E-state index < -0.39 is 12.1 Å². The second kappa shape index (κ2) is 42.7. The number of halogens is 1. The van der Waals surface area contributed by atoms with Gasteiger partial charge in [-0.3, -0.25) is 19.2 Å². The first-order valence-electron chi connectivity index (χ1n) is 38.4. The zero-order valence-corrected chi connectivity index (χ0v) is 62.9. The molecule has 0 radical (unpaired) electrons. The van der Waals surface area contributed by atoms with Crippen molar-refractivity contribution >= 4 is 67.5 Å². The van der Waals surface area contributed by atoms with Gasteiger partial charge in [-0.2, -0.15) is 10.5 Å². The molecular weight excluding hydrogens is 1330 g/mol. The van der Waals surface area contributed by atoms with Gasteiger partial charge in [0.2, 0.25) is 11.8 Å². The minimum Gasteiger partial charge on any atom is -0.445 e. The maximum Gasteiger partial charge on any atom is 0.410 e. The normalized spacial score (nSPS) is 20.9. The monoisotopic (exact) mass is 1450 g/mol. The van der Waals surface area contributed by atoms with E-state index in [1.54, 1.807) is 0 Å². The fourth-order valence-corrected chi connectivity index (χ4v) is 16.3. The summed E-state index contributed by atoms with van der Waals surface area (Å²) < 4.78 is 9.68. The third-order valence-corrected chi connectivity index (χ3v) is 22.2. The number of rotatable bonds is 24. The number of para-hydroxylation sites is 2. The van der Waals surface area contributed by atoms with Crippen LogP contribution in [0.1, 0.15) is 195 Å². The highest BCUT2D eigenvalue weighted by Gasteiger charge is 2.36. The molecule has 6 aliphatic rings. The lowest BCUT2D eigenvalue weighted by Gasteiger charge is -2.32. The van der Waals surface area contributed by atoms with Gasteiger partial charge in [0.1, 0.15) is 30.1 Å². The molecule has 101 heavy (non-hydrogen) atoms. The summed E-state index contributed by atoms with van der Waals surface area (Å²) in [6, 6.07) is 33.2. The second-order valence-electron chi connectivity index (χ2n) is 30.2. The van der Waals surface area contributed by atoms with Crippen molar-refractivity contribution in [2.45, 2.75) is 213 Å². The summed E-state index contributed by atoms with van der Waals surface area (Å²) in [5.74, 6) is 2.48. The lowest BCUT2D eigenvalue weighted by molar-refractivity contribution is -0.128. The van der Waals surface area contributed by atoms with Gasteiger partial charge in [0.15, 0.2) is 0 Å². The van der Waals surface area contributed by atoms with Crippen LogP contribution in [-0.4, -0.2) is 149 Å². The lowest BCUT2D eigenvalue weighted by Crippen LogP contribution is -2.50. The van der Waals surface area contributed by atoms with Crippen molar-refractivity contribution in [3.8, 4) is 12.1 Å². The van der Waals surface area contributed by atoms with Crippen LogP contribution < -0.4 is 31.9 Å². The number of likely N-dealkylation sites (tertiary alicyclic amines) is 2. The molecule has 7 N–H and O–H groups in total. The molecule has 6 fully saturated rings. The molecule has 2 saturated carbocycles. The maximum absolute atomic E-state index is 13.7. The molecule has 3 aromatic carbocycles. The Bertz CT molecular complexity index is 3400. The number of benzene rings is 3. The van der Waals surface area contributed by atoms with Gasteiger partial charge in [-0.1, -0.05) is 136 Å². The first kappa shape index (κ1) is 79.9. The lowest BCUT2D eigenvalue weighted by atomic mass is 9.83. The van der Waals surface area contributed by atoms with Crippen LogP contribution in [0.2, 0.25) is 0 Å². The van der Waals surface area contributed by atoms with Crippen molar-refractivity contribution in [3.05, 3.63) is 108 Å². The number of hydrogen-bond donors (Lipinski definition) is 7. The smallest absolute Gasteiger partial charge is 0.410 e. The molecule has 6 heterocycles. The van der Waals surface area contributed by atoms with Gasteiger partial charge < -0.3 is 60.7 Å². The van der Waals surface area contributed by atoms with Crippen LogP contribution in [0.25, 0.3) is 21.8 Å². The van der Waals surface area contributed by atoms with Crippen LogP contribution in [-0.2, 0) is 34.0 Å². The number of nitrogens with one attached hydrogen (secondary N) is 6. The van der Waals surface area contributed by atoms with Crippen LogP contribution in [0.5, 0.6) is 0 Å². The summed E-state index contributed by atoms with van der Waals surface area (Å²) in [5.41, 5.74) is 4.55. The molecule has 0 spiro atoms. The average molecular weight is 1450 g/mol. The molecule has 5 amide bonds. The molecule has 6 atom stereocenters. The second-order valence-corrected chi connectivity index (χ2v) is 31.0. The van der Waals surface area contributed by atoms with E-state index >= 15 is 0 Å². The number of piperidine rings is 4. The van der Waals surface area contributed by atoms with E-state index in [-0.39, 0.29) is 53.6 Å². The minimum absolute atomic E-state index is 0.108. The molecule has 0 unspecified atom stereocenters. The Labute approximate surface area is 610 Å². The number of carbonyl (C=O) groups is 5. The van der Waals surface area contributed by atoms with E-state index in [1.807, 2.05) is 99.3 Å². The Morgan fingerprint density at radius 3 is 1.42 bits per heavy atom. The number of ether oxygens (including phenoxy) is 1. The van der Waals surface area contributed by atoms with Crippen molar-refractivity contribution in [1.29, 1.82) is 10.5 Å². The molecule has 4 saturated heterocycles. The zero-order valence-electron chi connectivity index (χ0n) is 61.3. The largest absolute Gasteiger partial charge is 0.445 e. The summed E-state index contributed by atoms with van der Waals surface area (Å²) in [6.07, 6.45) is 21.8. The van der Waals surface area contributed by atoms with Crippen molar-refractivity contribution < 1.29 is 33.8 Å². The molecular formula is C81H119BrN12O7. The third kappa shape index (κ3) is 25.5. The van der Waals surface area contributed by atoms with Crippen molar-refractivity contribution in [3.63, 3.8) is 0 Å². The predicted octanol–water partition coefficient (Wildman–Crippen LogP) is 13.3. The van der Waals surface area contributed by atoms with Crippen molar-refractivity contribution in [2.75, 3.05) is 71.3 Å². The molecule has 19 nitrogen and oxygen atoms in total. The summed E-state index contributed by atoms with van der Waals surface area (Å²) in [6.45, 7) is 18.9. The highest BCUT2D eigenvalue weighted by atomic mass is 79.9. The summed E-state index contributed by atoms with van der Waals surface area (Å²) in [5, 5.41) is 49.8. The van der Waals surface area contributed by atoms with Gasteiger partial charge >= 0.3 is 6.09 Å². The SMILES string of the molecule is CC(C)C[C@@H](C#N)NC(=O)[C@@H]1CCCC[C@@H]1NC(=O)c1cc2ccccc2n1CCC1CCN(C)CC1.CC(C)C[C@@H](C#N)NC(=O)[C@@H]1CCCC[C@@H]1NC(=O)c1cc2ccccc2n1CCC1CCNCC1.O=C(OCc1ccccc1)N1CCC(CCBr)CC1.OCCC1CCNCC1. The van der Waals surface area contributed by atoms with Crippen LogP contribution in [0, 0.1) is 70.0 Å². The summed E-state index contributed by atoms with van der Waals surface area (Å²) in [4.78, 5) is 69.7. The number of alkyl halides is 1. The van der Waals surface area contributed by atoms with E-state index in [4.69, 9.17) is 9.84 Å². The Morgan fingerprint density at radius 1 is 0.554 bits per heavy atom. The molecule has 11 rings (SSSR count). The molecule has 2 aromatic heterocycles. The number of aryl methyl sites for hydroxylation is 2. The number of nitrogens with zero attached hydrogens (tertiary/aromatic N) is 6. The standard InChI is InChI=1S/C30H43N5O2.C29H41N5O2.C15H20BrNO2.C7H15NO/c1-21(2)18-24(20-31)32-29(36)25-9-5-6-10-26(25)33-30(37)28-19-23-8-4-7-11-27(23)35(28)17-14-22-12-15-34(3)16-13-22;1-20(2)17-23(19-30)32-28(35)24-8-4-5-9-25(24)33-29(36)27-18-22-7-3-6-10-26(22)34(27)16-13-21-11-14-31-15-12-21;16-9-6-13-7-10-17(11-8-13)15(18)19-12-14-4-2-1-3-5-14;9-6-3-7-1-4-8-5-2-7/h4,7-8,11,19,21-22,24-26H,5-6,9-10,12-18H2,1-3H3,(H,32,36)(H,33,37);3,6-7,10,18,20-21,23-25,31H,4-5,8-9,11-17H2,1-2H3,(H,32,35)(H,33,36);1-5,13H,6-12H2;7-9H,1-6H2/t24-,25+,26-;23-,24+,25-;;/m00../s1. The number of amides is 5. The number of aliphatic hydroxyl groups is 1. The third-order valence-electron chi connectivity index (χ3n) is 21.7. The van der Waals surface area contributed by atoms with E-state index in [2.05, 4.69) is 105 Å². The highest BCUT2D eigenvalue weighted by Crippen LogP contribution is 2.31. The Hall–Kier alpha value is -6.81. The Morgan fingerprint density at radius 2 is 0.970 bits per heavy atom. The van der Waals surface area contributed by atoms with E-state index in [0.717, 1.165) is 193 Å². The summed E-state index contributed by atoms with van der Waals surface area (Å²) >= 11 is 3.47. The van der Waals surface area contributed by atoms with Gasteiger partial charge in [0.05, 0.1) is 24.0 Å². The van der Waals surface area contributed by atoms with Gasteiger partial charge in [-0.25, -0.2) is 4.79 Å². The Balaban J connectivity index is 0.000000188. The van der Waals surface area contributed by atoms with Crippen LogP contribution in [0.4, 0.5) is 4.79 Å². The van der Waals surface area contributed by atoms with Crippen LogP contribution >= 0.6 is 15.9 Å². The quantitative estimate of drug-likeness (QED) is 0.0285. The maximum atomic E-state index is 13.7. The van der Waals surface area contributed by atoms with Crippen molar-refractivity contribution in [2.24, 2.45) is 47.3 Å². The van der Waals surface area contributed by atoms with Crippen LogP contribution in [0.3, 0.4) is 0 Å². The molecule has 0 bridgehead atoms. The highest BCUT2D eigenvalue weighted by molar-refractivity contribution is 9.09. The molecule has 552 valence electrons. The van der Waals surface area contributed by atoms with Gasteiger partial charge in [-0.15, -0.1) is 0 Å². The zero-order chi connectivity index (χ0) is 71.9. The van der Waals surface area contributed by atoms with E-state index in [1.165, 1.54) is 44.9 Å². The first-order valence-corrected chi connectivity index (χ1v) is 39.6. The van der Waals surface area contributed by atoms with Crippen molar-refractivity contribution in [1.82, 2.24) is 50.8 Å². The summed E-state index contributed by atoms with van der Waals surface area (Å²) in [7, 11) is 2.18. The number of nitriles is 2. The number of carbonyl (C=O) groups excluding carboxylic acids is 5. The van der Waals surface area contributed by atoms with Gasteiger partial charge in [0.25, 0.3) is 11.8 Å². The fourth-order valence-electron chi connectivity index (χ4n) is 15.7. The molecule has 4 aliphatic heterocycles. The van der Waals surface area contributed by atoms with Gasteiger partial charge in [-0.05, 0) is 227 Å². The average Bonchev–Trinajstić information content (AvgIpc) is 1.66. The molecule has 20 heteroatoms. The minimum atomic E-state index is -0.493. The fraction of sp³-hybridized carbons (Fsp3) is 0.642. The van der Waals surface area contributed by atoms with Crippen LogP contribution in [0.15, 0.2) is 91.0 Å². The number of hydrogen-bond acceptors (Lipinski definition) is 12. The number of aromatic nitrogens is 2. The number of aliphatic hydroxyl groups excluding tert-OH is 1. The van der Waals surface area contributed by atoms with E-state index in [0.29, 0.717) is 61.1 Å².